The van der Waals surface area contributed by atoms with E-state index in [2.05, 4.69) is 22.2 Å². The van der Waals surface area contributed by atoms with Crippen LogP contribution in [0.25, 0.3) is 0 Å². The van der Waals surface area contributed by atoms with Crippen molar-refractivity contribution in [1.82, 2.24) is 15.3 Å². The zero-order valence-corrected chi connectivity index (χ0v) is 12.4. The van der Waals surface area contributed by atoms with Gasteiger partial charge >= 0.3 is 0 Å². The molecule has 0 aliphatic carbocycles. The van der Waals surface area contributed by atoms with Crippen LogP contribution in [0.2, 0.25) is 0 Å². The lowest BCUT2D eigenvalue weighted by Crippen LogP contribution is -2.20. The molecule has 0 aliphatic heterocycles. The Morgan fingerprint density at radius 1 is 1.40 bits per heavy atom. The SMILES string of the molecule is Cc1ncc(CO)c(CNCC(C)c2nccs2)c1O. The Balaban J connectivity index is 1.99. The van der Waals surface area contributed by atoms with Gasteiger partial charge in [-0.1, -0.05) is 6.92 Å². The van der Waals surface area contributed by atoms with Crippen LogP contribution in [0.5, 0.6) is 5.75 Å². The van der Waals surface area contributed by atoms with E-state index in [0.29, 0.717) is 29.3 Å². The topological polar surface area (TPSA) is 78.3 Å². The van der Waals surface area contributed by atoms with E-state index in [-0.39, 0.29) is 12.4 Å². The highest BCUT2D eigenvalue weighted by molar-refractivity contribution is 7.09. The Hall–Kier alpha value is -1.50. The van der Waals surface area contributed by atoms with Gasteiger partial charge in [-0.3, -0.25) is 4.98 Å². The van der Waals surface area contributed by atoms with Crippen molar-refractivity contribution in [2.24, 2.45) is 0 Å². The quantitative estimate of drug-likeness (QED) is 0.758. The van der Waals surface area contributed by atoms with E-state index < -0.39 is 0 Å². The molecule has 0 fully saturated rings. The number of hydrogen-bond donors (Lipinski definition) is 3. The number of aryl methyl sites for hydroxylation is 1. The first-order valence-corrected chi connectivity index (χ1v) is 7.38. The zero-order chi connectivity index (χ0) is 14.5. The van der Waals surface area contributed by atoms with Crippen molar-refractivity contribution >= 4 is 11.3 Å². The number of rotatable bonds is 6. The minimum absolute atomic E-state index is 0.125. The predicted octanol–water partition coefficient (Wildman–Crippen LogP) is 1.94. The fraction of sp³-hybridized carbons (Fsp3) is 0.429. The number of aromatic nitrogens is 2. The molecule has 108 valence electrons. The number of nitrogens with one attached hydrogen (secondary N) is 1. The normalized spacial score (nSPS) is 12.6. The molecule has 2 rings (SSSR count). The summed E-state index contributed by atoms with van der Waals surface area (Å²) >= 11 is 1.64. The molecule has 0 radical (unpaired) electrons. The van der Waals surface area contributed by atoms with E-state index in [1.165, 1.54) is 0 Å². The second-order valence-corrected chi connectivity index (χ2v) is 5.68. The maximum atomic E-state index is 10.0. The van der Waals surface area contributed by atoms with Crippen molar-refractivity contribution in [2.45, 2.75) is 32.9 Å². The summed E-state index contributed by atoms with van der Waals surface area (Å²) in [5.41, 5.74) is 1.95. The Morgan fingerprint density at radius 2 is 2.20 bits per heavy atom. The largest absolute Gasteiger partial charge is 0.506 e. The van der Waals surface area contributed by atoms with Crippen molar-refractivity contribution in [2.75, 3.05) is 6.54 Å². The van der Waals surface area contributed by atoms with Crippen LogP contribution in [0.3, 0.4) is 0 Å². The van der Waals surface area contributed by atoms with Gasteiger partial charge in [-0.05, 0) is 6.92 Å². The van der Waals surface area contributed by atoms with Gasteiger partial charge in [0.15, 0.2) is 0 Å². The lowest BCUT2D eigenvalue weighted by molar-refractivity contribution is 0.278. The number of hydrogen-bond acceptors (Lipinski definition) is 6. The highest BCUT2D eigenvalue weighted by Gasteiger charge is 2.12. The molecule has 1 unspecified atom stereocenters. The van der Waals surface area contributed by atoms with E-state index in [0.717, 1.165) is 11.6 Å². The molecule has 2 aromatic heterocycles. The van der Waals surface area contributed by atoms with Gasteiger partial charge in [0.25, 0.3) is 0 Å². The third-order valence-electron chi connectivity index (χ3n) is 3.23. The number of aliphatic hydroxyl groups is 1. The maximum Gasteiger partial charge on any atom is 0.141 e. The molecule has 3 N–H and O–H groups in total. The molecular weight excluding hydrogens is 274 g/mol. The molecule has 2 heterocycles. The summed E-state index contributed by atoms with van der Waals surface area (Å²) in [6.07, 6.45) is 3.41. The summed E-state index contributed by atoms with van der Waals surface area (Å²) in [7, 11) is 0. The minimum atomic E-state index is -0.125. The molecule has 0 spiro atoms. The lowest BCUT2D eigenvalue weighted by Gasteiger charge is -2.14. The molecule has 0 amide bonds. The summed E-state index contributed by atoms with van der Waals surface area (Å²) in [5, 5.41) is 25.7. The van der Waals surface area contributed by atoms with E-state index >= 15 is 0 Å². The van der Waals surface area contributed by atoms with E-state index in [1.54, 1.807) is 30.7 Å². The summed E-state index contributed by atoms with van der Waals surface area (Å²) in [5.74, 6) is 0.476. The summed E-state index contributed by atoms with van der Waals surface area (Å²) in [4.78, 5) is 8.33. The molecule has 0 saturated heterocycles. The van der Waals surface area contributed by atoms with Gasteiger partial charge in [0.05, 0.1) is 17.3 Å². The second kappa shape index (κ2) is 6.78. The van der Waals surface area contributed by atoms with E-state index in [4.69, 9.17) is 0 Å². The average Bonchev–Trinajstić information content (AvgIpc) is 2.97. The second-order valence-electron chi connectivity index (χ2n) is 4.76. The predicted molar refractivity (Wildman–Crippen MR) is 78.8 cm³/mol. The van der Waals surface area contributed by atoms with Crippen molar-refractivity contribution in [3.63, 3.8) is 0 Å². The first kappa shape index (κ1) is 14.9. The number of pyridine rings is 1. The Labute approximate surface area is 122 Å². The smallest absolute Gasteiger partial charge is 0.141 e. The van der Waals surface area contributed by atoms with Crippen molar-refractivity contribution in [3.05, 3.63) is 39.6 Å². The molecule has 6 heteroatoms. The van der Waals surface area contributed by atoms with Gasteiger partial charge in [0, 0.05) is 47.9 Å². The van der Waals surface area contributed by atoms with Gasteiger partial charge in [0.2, 0.25) is 0 Å². The third kappa shape index (κ3) is 3.33. The minimum Gasteiger partial charge on any atom is -0.506 e. The highest BCUT2D eigenvalue weighted by Crippen LogP contribution is 2.24. The monoisotopic (exact) mass is 293 g/mol. The molecule has 5 nitrogen and oxygen atoms in total. The number of aromatic hydroxyl groups is 1. The zero-order valence-electron chi connectivity index (χ0n) is 11.6. The Morgan fingerprint density at radius 3 is 2.85 bits per heavy atom. The molecule has 0 aromatic carbocycles. The van der Waals surface area contributed by atoms with Crippen molar-refractivity contribution in [1.29, 1.82) is 0 Å². The third-order valence-corrected chi connectivity index (χ3v) is 4.23. The van der Waals surface area contributed by atoms with Gasteiger partial charge in [-0.2, -0.15) is 0 Å². The first-order valence-electron chi connectivity index (χ1n) is 6.50. The van der Waals surface area contributed by atoms with Gasteiger partial charge in [-0.25, -0.2) is 4.98 Å². The highest BCUT2D eigenvalue weighted by atomic mass is 32.1. The Bertz CT molecular complexity index is 558. The molecule has 1 atom stereocenters. The van der Waals surface area contributed by atoms with Crippen LogP contribution in [0.1, 0.15) is 34.7 Å². The molecule has 20 heavy (non-hydrogen) atoms. The van der Waals surface area contributed by atoms with Crippen molar-refractivity contribution < 1.29 is 10.2 Å². The van der Waals surface area contributed by atoms with Gasteiger partial charge in [-0.15, -0.1) is 11.3 Å². The maximum absolute atomic E-state index is 10.0. The molecule has 0 aliphatic rings. The Kier molecular flexibility index (Phi) is 5.05. The molecule has 2 aromatic rings. The van der Waals surface area contributed by atoms with E-state index in [1.807, 2.05) is 5.38 Å². The van der Waals surface area contributed by atoms with Crippen LogP contribution in [0.15, 0.2) is 17.8 Å². The van der Waals surface area contributed by atoms with Crippen LogP contribution in [-0.2, 0) is 13.2 Å². The van der Waals surface area contributed by atoms with Gasteiger partial charge in [0.1, 0.15) is 5.75 Å². The number of nitrogens with zero attached hydrogens (tertiary/aromatic N) is 2. The van der Waals surface area contributed by atoms with Crippen LogP contribution >= 0.6 is 11.3 Å². The first-order chi connectivity index (χ1) is 9.63. The fourth-order valence-corrected chi connectivity index (χ4v) is 2.70. The molecule has 0 bridgehead atoms. The summed E-state index contributed by atoms with van der Waals surface area (Å²) in [6, 6.07) is 0. The van der Waals surface area contributed by atoms with Crippen LogP contribution < -0.4 is 5.32 Å². The van der Waals surface area contributed by atoms with Crippen molar-refractivity contribution in [3.8, 4) is 5.75 Å². The van der Waals surface area contributed by atoms with Crippen LogP contribution in [-0.4, -0.2) is 26.7 Å². The molecular formula is C14H19N3O2S. The molecule has 0 saturated carbocycles. The standard InChI is InChI=1S/C14H19N3O2S/c1-9(14-16-3-4-20-14)5-15-7-12-11(8-18)6-17-10(2)13(12)19/h3-4,6,9,15,18-19H,5,7-8H2,1-2H3. The fourth-order valence-electron chi connectivity index (χ4n) is 2.00. The average molecular weight is 293 g/mol. The van der Waals surface area contributed by atoms with Crippen LogP contribution in [0.4, 0.5) is 0 Å². The summed E-state index contributed by atoms with van der Waals surface area (Å²) in [6.45, 7) is 4.99. The van der Waals surface area contributed by atoms with Crippen LogP contribution in [0, 0.1) is 6.92 Å². The lowest BCUT2D eigenvalue weighted by atomic mass is 10.1. The number of aliphatic hydroxyl groups excluding tert-OH is 1. The van der Waals surface area contributed by atoms with Gasteiger partial charge < -0.3 is 15.5 Å². The number of thiazole rings is 1. The summed E-state index contributed by atoms with van der Waals surface area (Å²) < 4.78 is 0. The van der Waals surface area contributed by atoms with E-state index in [9.17, 15) is 10.2 Å².